The number of hydrazine groups is 1. The van der Waals surface area contributed by atoms with Gasteiger partial charge in [-0.05, 0) is 49.4 Å². The molecule has 3 N–H and O–H groups in total. The van der Waals surface area contributed by atoms with E-state index in [0.717, 1.165) is 17.7 Å². The first kappa shape index (κ1) is 13.7. The van der Waals surface area contributed by atoms with E-state index in [0.29, 0.717) is 0 Å². The van der Waals surface area contributed by atoms with E-state index >= 15 is 0 Å². The van der Waals surface area contributed by atoms with Gasteiger partial charge < -0.3 is 0 Å². The van der Waals surface area contributed by atoms with Crippen LogP contribution in [0.25, 0.3) is 0 Å². The Bertz CT molecular complexity index is 581. The smallest absolute Gasteiger partial charge is 0.131 e. The summed E-state index contributed by atoms with van der Waals surface area (Å²) in [6.07, 6.45) is 4.46. The van der Waals surface area contributed by atoms with Crippen molar-refractivity contribution in [2.24, 2.45) is 5.84 Å². The molecule has 0 amide bonds. The molecule has 1 aromatic heterocycles. The van der Waals surface area contributed by atoms with E-state index in [1.165, 1.54) is 41.5 Å². The second-order valence-electron chi connectivity index (χ2n) is 5.04. The van der Waals surface area contributed by atoms with Crippen LogP contribution >= 0.6 is 11.3 Å². The van der Waals surface area contributed by atoms with Crippen molar-refractivity contribution in [3.63, 3.8) is 0 Å². The summed E-state index contributed by atoms with van der Waals surface area (Å²) in [5.74, 6) is 4.42. The lowest BCUT2D eigenvalue weighted by Crippen LogP contribution is -2.29. The van der Waals surface area contributed by atoms with Crippen LogP contribution in [0.15, 0.2) is 24.3 Å². The monoisotopic (exact) mass is 294 g/mol. The van der Waals surface area contributed by atoms with Gasteiger partial charge in [0.2, 0.25) is 0 Å². The Morgan fingerprint density at radius 3 is 2.50 bits per heavy atom. The highest BCUT2D eigenvalue weighted by molar-refractivity contribution is 7.12. The number of fused-ring (bicyclic) bond motifs is 1. The number of benzene rings is 1. The molecule has 2 nitrogen and oxygen atoms in total. The SMILES string of the molecule is NNC(c1cc2c(s1)CCCC2)c1c(F)cccc1F. The summed E-state index contributed by atoms with van der Waals surface area (Å²) in [6.45, 7) is 0. The van der Waals surface area contributed by atoms with Crippen LogP contribution in [0, 0.1) is 11.6 Å². The minimum Gasteiger partial charge on any atom is -0.271 e. The molecule has 2 aromatic rings. The van der Waals surface area contributed by atoms with E-state index in [4.69, 9.17) is 5.84 Å². The molecule has 1 aliphatic rings. The Balaban J connectivity index is 2.03. The number of halogens is 2. The first-order valence-corrected chi connectivity index (χ1v) is 7.54. The lowest BCUT2D eigenvalue weighted by Gasteiger charge is -2.16. The van der Waals surface area contributed by atoms with Crippen molar-refractivity contribution in [2.75, 3.05) is 0 Å². The summed E-state index contributed by atoms with van der Waals surface area (Å²) in [6, 6.07) is 5.29. The van der Waals surface area contributed by atoms with E-state index in [9.17, 15) is 8.78 Å². The zero-order valence-corrected chi connectivity index (χ0v) is 11.8. The molecule has 0 saturated carbocycles. The molecule has 3 rings (SSSR count). The summed E-state index contributed by atoms with van der Waals surface area (Å²) < 4.78 is 27.9. The average Bonchev–Trinajstić information content (AvgIpc) is 2.86. The van der Waals surface area contributed by atoms with Crippen molar-refractivity contribution in [3.8, 4) is 0 Å². The van der Waals surface area contributed by atoms with E-state index in [1.54, 1.807) is 11.3 Å². The highest BCUT2D eigenvalue weighted by Gasteiger charge is 2.24. The molecule has 1 aliphatic carbocycles. The number of hydrogen-bond acceptors (Lipinski definition) is 3. The Morgan fingerprint density at radius 2 is 1.85 bits per heavy atom. The fourth-order valence-corrected chi connectivity index (χ4v) is 4.08. The third kappa shape index (κ3) is 2.37. The molecule has 5 heteroatoms. The minimum absolute atomic E-state index is 0.00593. The zero-order chi connectivity index (χ0) is 14.1. The van der Waals surface area contributed by atoms with Crippen molar-refractivity contribution in [3.05, 3.63) is 56.8 Å². The van der Waals surface area contributed by atoms with Crippen LogP contribution < -0.4 is 11.3 Å². The summed E-state index contributed by atoms with van der Waals surface area (Å²) in [7, 11) is 0. The Labute approximate surface area is 120 Å². The number of nitrogens with one attached hydrogen (secondary N) is 1. The summed E-state index contributed by atoms with van der Waals surface area (Å²) in [4.78, 5) is 2.20. The predicted molar refractivity (Wildman–Crippen MR) is 76.5 cm³/mol. The average molecular weight is 294 g/mol. The standard InChI is InChI=1S/C15H16F2N2S/c16-10-5-3-6-11(17)14(10)15(19-18)13-8-9-4-1-2-7-12(9)20-13/h3,5-6,8,15,19H,1-2,4,7,18H2. The Morgan fingerprint density at radius 1 is 1.15 bits per heavy atom. The normalized spacial score (nSPS) is 15.9. The van der Waals surface area contributed by atoms with Crippen molar-refractivity contribution in [1.82, 2.24) is 5.43 Å². The topological polar surface area (TPSA) is 38.0 Å². The maximum absolute atomic E-state index is 13.9. The molecule has 0 saturated heterocycles. The van der Waals surface area contributed by atoms with Gasteiger partial charge in [0.05, 0.1) is 6.04 Å². The van der Waals surface area contributed by atoms with Gasteiger partial charge in [-0.25, -0.2) is 14.2 Å². The van der Waals surface area contributed by atoms with Gasteiger partial charge in [0.1, 0.15) is 11.6 Å². The van der Waals surface area contributed by atoms with E-state index < -0.39 is 17.7 Å². The van der Waals surface area contributed by atoms with Crippen LogP contribution in [0.1, 0.15) is 39.8 Å². The third-order valence-electron chi connectivity index (χ3n) is 3.76. The van der Waals surface area contributed by atoms with Gasteiger partial charge in [-0.3, -0.25) is 5.84 Å². The van der Waals surface area contributed by atoms with Crippen molar-refractivity contribution < 1.29 is 8.78 Å². The van der Waals surface area contributed by atoms with Gasteiger partial charge in [0.15, 0.2) is 0 Å². The predicted octanol–water partition coefficient (Wildman–Crippen LogP) is 3.46. The van der Waals surface area contributed by atoms with Gasteiger partial charge in [0.25, 0.3) is 0 Å². The first-order valence-electron chi connectivity index (χ1n) is 6.72. The summed E-state index contributed by atoms with van der Waals surface area (Å²) in [5.41, 5.74) is 3.85. The van der Waals surface area contributed by atoms with Crippen molar-refractivity contribution in [2.45, 2.75) is 31.7 Å². The molecular weight excluding hydrogens is 278 g/mol. The van der Waals surface area contributed by atoms with Gasteiger partial charge in [-0.15, -0.1) is 11.3 Å². The first-order chi connectivity index (χ1) is 9.70. The Hall–Kier alpha value is -1.30. The number of rotatable bonds is 3. The maximum atomic E-state index is 13.9. The second kappa shape index (κ2) is 5.60. The molecule has 1 aromatic carbocycles. The molecule has 0 spiro atoms. The number of thiophene rings is 1. The highest BCUT2D eigenvalue weighted by atomic mass is 32.1. The van der Waals surface area contributed by atoms with Crippen LogP contribution in [0.3, 0.4) is 0 Å². The second-order valence-corrected chi connectivity index (χ2v) is 6.21. The van der Waals surface area contributed by atoms with Crippen LogP contribution in [-0.4, -0.2) is 0 Å². The molecule has 106 valence electrons. The molecular formula is C15H16F2N2S. The highest BCUT2D eigenvalue weighted by Crippen LogP contribution is 2.36. The van der Waals surface area contributed by atoms with E-state index in [1.807, 2.05) is 6.07 Å². The van der Waals surface area contributed by atoms with Crippen LogP contribution in [0.2, 0.25) is 0 Å². The fraction of sp³-hybridized carbons (Fsp3) is 0.333. The van der Waals surface area contributed by atoms with Crippen molar-refractivity contribution >= 4 is 11.3 Å². The lowest BCUT2D eigenvalue weighted by molar-refractivity contribution is 0.513. The third-order valence-corrected chi connectivity index (χ3v) is 5.06. The fourth-order valence-electron chi connectivity index (χ4n) is 2.75. The van der Waals surface area contributed by atoms with Crippen LogP contribution in [0.4, 0.5) is 8.78 Å². The van der Waals surface area contributed by atoms with Gasteiger partial charge in [-0.1, -0.05) is 6.07 Å². The van der Waals surface area contributed by atoms with E-state index in [-0.39, 0.29) is 5.56 Å². The van der Waals surface area contributed by atoms with Crippen molar-refractivity contribution in [1.29, 1.82) is 0 Å². The Kier molecular flexibility index (Phi) is 3.83. The number of nitrogens with two attached hydrogens (primary N) is 1. The molecule has 1 heterocycles. The molecule has 20 heavy (non-hydrogen) atoms. The summed E-state index contributed by atoms with van der Waals surface area (Å²) in [5, 5.41) is 0. The largest absolute Gasteiger partial charge is 0.271 e. The molecule has 0 fully saturated rings. The van der Waals surface area contributed by atoms with Gasteiger partial charge in [-0.2, -0.15) is 0 Å². The molecule has 0 aliphatic heterocycles. The van der Waals surface area contributed by atoms with Gasteiger partial charge in [0, 0.05) is 15.3 Å². The lowest BCUT2D eigenvalue weighted by atomic mass is 9.97. The molecule has 1 atom stereocenters. The number of aryl methyl sites for hydroxylation is 2. The molecule has 0 bridgehead atoms. The number of hydrogen-bond donors (Lipinski definition) is 2. The van der Waals surface area contributed by atoms with E-state index in [2.05, 4.69) is 5.43 Å². The maximum Gasteiger partial charge on any atom is 0.131 e. The zero-order valence-electron chi connectivity index (χ0n) is 11.0. The molecule has 1 unspecified atom stereocenters. The molecule has 0 radical (unpaired) electrons. The van der Waals surface area contributed by atoms with Gasteiger partial charge >= 0.3 is 0 Å². The van der Waals surface area contributed by atoms with Crippen LogP contribution in [-0.2, 0) is 12.8 Å². The van der Waals surface area contributed by atoms with Crippen LogP contribution in [0.5, 0.6) is 0 Å². The summed E-state index contributed by atoms with van der Waals surface area (Å²) >= 11 is 1.60. The minimum atomic E-state index is -0.633. The quantitative estimate of drug-likeness (QED) is 0.672.